The number of hydrogen-bond donors (Lipinski definition) is 0. The SMILES string of the molecule is COc1cc2ncnc(C(C)(C)C)c2cc1OC. The number of hydrogen-bond acceptors (Lipinski definition) is 4. The number of benzene rings is 1. The van der Waals surface area contributed by atoms with Crippen LogP contribution in [0.25, 0.3) is 10.9 Å². The molecule has 0 bridgehead atoms. The fourth-order valence-electron chi connectivity index (χ4n) is 1.98. The molecular formula is C14H18N2O2. The summed E-state index contributed by atoms with van der Waals surface area (Å²) in [4.78, 5) is 8.69. The monoisotopic (exact) mass is 246 g/mol. The Morgan fingerprint density at radius 3 is 2.11 bits per heavy atom. The molecular weight excluding hydrogens is 228 g/mol. The lowest BCUT2D eigenvalue weighted by Gasteiger charge is -2.20. The molecule has 0 N–H and O–H groups in total. The molecule has 1 heterocycles. The van der Waals surface area contributed by atoms with Crippen LogP contribution in [-0.2, 0) is 5.41 Å². The zero-order valence-corrected chi connectivity index (χ0v) is 11.4. The van der Waals surface area contributed by atoms with E-state index >= 15 is 0 Å². The van der Waals surface area contributed by atoms with Gasteiger partial charge in [-0.15, -0.1) is 0 Å². The number of aromatic nitrogens is 2. The van der Waals surface area contributed by atoms with Gasteiger partial charge >= 0.3 is 0 Å². The van der Waals surface area contributed by atoms with Gasteiger partial charge < -0.3 is 9.47 Å². The first-order valence-electron chi connectivity index (χ1n) is 5.84. The smallest absolute Gasteiger partial charge is 0.162 e. The molecule has 2 rings (SSSR count). The first kappa shape index (κ1) is 12.6. The molecule has 0 saturated carbocycles. The average Bonchev–Trinajstić information content (AvgIpc) is 2.35. The first-order chi connectivity index (χ1) is 8.47. The molecule has 0 unspecified atom stereocenters. The molecule has 0 saturated heterocycles. The predicted molar refractivity (Wildman–Crippen MR) is 71.3 cm³/mol. The lowest BCUT2D eigenvalue weighted by molar-refractivity contribution is 0.355. The van der Waals surface area contributed by atoms with Crippen LogP contribution in [0.3, 0.4) is 0 Å². The molecule has 96 valence electrons. The topological polar surface area (TPSA) is 44.2 Å². The van der Waals surface area contributed by atoms with Crippen molar-refractivity contribution < 1.29 is 9.47 Å². The Balaban J connectivity index is 2.77. The van der Waals surface area contributed by atoms with Gasteiger partial charge in [0.1, 0.15) is 6.33 Å². The zero-order chi connectivity index (χ0) is 13.3. The van der Waals surface area contributed by atoms with E-state index in [0.717, 1.165) is 16.6 Å². The van der Waals surface area contributed by atoms with Gasteiger partial charge in [0.2, 0.25) is 0 Å². The van der Waals surface area contributed by atoms with E-state index in [4.69, 9.17) is 9.47 Å². The van der Waals surface area contributed by atoms with Crippen LogP contribution >= 0.6 is 0 Å². The highest BCUT2D eigenvalue weighted by molar-refractivity contribution is 5.85. The van der Waals surface area contributed by atoms with Crippen molar-refractivity contribution in [1.82, 2.24) is 9.97 Å². The molecule has 0 atom stereocenters. The summed E-state index contributed by atoms with van der Waals surface area (Å²) < 4.78 is 10.6. The van der Waals surface area contributed by atoms with Crippen LogP contribution in [0, 0.1) is 0 Å². The van der Waals surface area contributed by atoms with Gasteiger partial charge in [0.25, 0.3) is 0 Å². The van der Waals surface area contributed by atoms with E-state index in [2.05, 4.69) is 30.7 Å². The van der Waals surface area contributed by atoms with Crippen LogP contribution in [0.4, 0.5) is 0 Å². The van der Waals surface area contributed by atoms with Crippen molar-refractivity contribution in [2.45, 2.75) is 26.2 Å². The molecule has 0 fully saturated rings. The highest BCUT2D eigenvalue weighted by Crippen LogP contribution is 2.35. The second-order valence-electron chi connectivity index (χ2n) is 5.20. The van der Waals surface area contributed by atoms with Gasteiger partial charge in [0, 0.05) is 16.9 Å². The van der Waals surface area contributed by atoms with Crippen LogP contribution in [0.2, 0.25) is 0 Å². The third kappa shape index (κ3) is 2.10. The summed E-state index contributed by atoms with van der Waals surface area (Å²) in [6.07, 6.45) is 1.59. The molecule has 0 aliphatic rings. The van der Waals surface area contributed by atoms with Crippen molar-refractivity contribution in [2.24, 2.45) is 0 Å². The molecule has 0 aliphatic heterocycles. The van der Waals surface area contributed by atoms with Crippen LogP contribution < -0.4 is 9.47 Å². The van der Waals surface area contributed by atoms with E-state index in [-0.39, 0.29) is 5.41 Å². The minimum Gasteiger partial charge on any atom is -0.493 e. The van der Waals surface area contributed by atoms with Crippen LogP contribution in [0.1, 0.15) is 26.5 Å². The van der Waals surface area contributed by atoms with E-state index in [0.29, 0.717) is 11.5 Å². The van der Waals surface area contributed by atoms with Gasteiger partial charge in [0.05, 0.1) is 25.4 Å². The molecule has 0 spiro atoms. The number of methoxy groups -OCH3 is 2. The Hall–Kier alpha value is -1.84. The Labute approximate surface area is 107 Å². The summed E-state index contributed by atoms with van der Waals surface area (Å²) in [6.45, 7) is 6.39. The van der Waals surface area contributed by atoms with E-state index in [1.165, 1.54) is 0 Å². The number of nitrogens with zero attached hydrogens (tertiary/aromatic N) is 2. The zero-order valence-electron chi connectivity index (χ0n) is 11.4. The summed E-state index contributed by atoms with van der Waals surface area (Å²) in [6, 6.07) is 3.82. The fourth-order valence-corrected chi connectivity index (χ4v) is 1.98. The lowest BCUT2D eigenvalue weighted by Crippen LogP contribution is -2.14. The van der Waals surface area contributed by atoms with Gasteiger partial charge in [0.15, 0.2) is 11.5 Å². The molecule has 0 aliphatic carbocycles. The average molecular weight is 246 g/mol. The van der Waals surface area contributed by atoms with E-state index in [1.807, 2.05) is 12.1 Å². The van der Waals surface area contributed by atoms with Crippen molar-refractivity contribution in [3.63, 3.8) is 0 Å². The quantitative estimate of drug-likeness (QED) is 0.817. The lowest BCUT2D eigenvalue weighted by atomic mass is 9.89. The number of ether oxygens (including phenoxy) is 2. The second kappa shape index (κ2) is 4.44. The third-order valence-electron chi connectivity index (χ3n) is 2.85. The Morgan fingerprint density at radius 1 is 0.944 bits per heavy atom. The number of rotatable bonds is 2. The molecule has 4 heteroatoms. The van der Waals surface area contributed by atoms with Crippen molar-refractivity contribution >= 4 is 10.9 Å². The van der Waals surface area contributed by atoms with Crippen molar-refractivity contribution in [3.05, 3.63) is 24.2 Å². The Morgan fingerprint density at radius 2 is 1.56 bits per heavy atom. The highest BCUT2D eigenvalue weighted by Gasteiger charge is 2.20. The van der Waals surface area contributed by atoms with Crippen molar-refractivity contribution in [3.8, 4) is 11.5 Å². The summed E-state index contributed by atoms with van der Waals surface area (Å²) in [5.41, 5.74) is 1.84. The number of fused-ring (bicyclic) bond motifs is 1. The summed E-state index contributed by atoms with van der Waals surface area (Å²) in [5, 5.41) is 1.00. The summed E-state index contributed by atoms with van der Waals surface area (Å²) in [5.74, 6) is 1.38. The van der Waals surface area contributed by atoms with Gasteiger partial charge in [-0.3, -0.25) is 0 Å². The van der Waals surface area contributed by atoms with Crippen molar-refractivity contribution in [2.75, 3.05) is 14.2 Å². The summed E-state index contributed by atoms with van der Waals surface area (Å²) >= 11 is 0. The van der Waals surface area contributed by atoms with E-state index in [1.54, 1.807) is 20.5 Å². The van der Waals surface area contributed by atoms with Crippen molar-refractivity contribution in [1.29, 1.82) is 0 Å². The summed E-state index contributed by atoms with van der Waals surface area (Å²) in [7, 11) is 3.25. The van der Waals surface area contributed by atoms with Gasteiger partial charge in [-0.2, -0.15) is 0 Å². The molecule has 1 aromatic heterocycles. The standard InChI is InChI=1S/C14H18N2O2/c1-14(2,3)13-9-6-11(17-4)12(18-5)7-10(9)15-8-16-13/h6-8H,1-5H3. The van der Waals surface area contributed by atoms with Crippen LogP contribution in [-0.4, -0.2) is 24.2 Å². The third-order valence-corrected chi connectivity index (χ3v) is 2.85. The minimum atomic E-state index is -0.0409. The van der Waals surface area contributed by atoms with Gasteiger partial charge in [-0.05, 0) is 6.07 Å². The minimum absolute atomic E-state index is 0.0409. The van der Waals surface area contributed by atoms with Gasteiger partial charge in [-0.1, -0.05) is 20.8 Å². The highest BCUT2D eigenvalue weighted by atomic mass is 16.5. The Bertz CT molecular complexity index is 574. The maximum Gasteiger partial charge on any atom is 0.162 e. The maximum absolute atomic E-state index is 5.33. The van der Waals surface area contributed by atoms with Crippen LogP contribution in [0.5, 0.6) is 11.5 Å². The van der Waals surface area contributed by atoms with E-state index in [9.17, 15) is 0 Å². The largest absolute Gasteiger partial charge is 0.493 e. The second-order valence-corrected chi connectivity index (χ2v) is 5.20. The normalized spacial score (nSPS) is 11.6. The van der Waals surface area contributed by atoms with E-state index < -0.39 is 0 Å². The molecule has 2 aromatic rings. The predicted octanol–water partition coefficient (Wildman–Crippen LogP) is 2.94. The molecule has 1 aromatic carbocycles. The fraction of sp³-hybridized carbons (Fsp3) is 0.429. The molecule has 0 amide bonds. The molecule has 18 heavy (non-hydrogen) atoms. The first-order valence-corrected chi connectivity index (χ1v) is 5.84. The van der Waals surface area contributed by atoms with Gasteiger partial charge in [-0.25, -0.2) is 9.97 Å². The molecule has 0 radical (unpaired) electrons. The molecule has 4 nitrogen and oxygen atoms in total. The van der Waals surface area contributed by atoms with Crippen LogP contribution in [0.15, 0.2) is 18.5 Å². The Kier molecular flexibility index (Phi) is 3.11. The maximum atomic E-state index is 5.33.